The average molecular weight is 593 g/mol. The Morgan fingerprint density at radius 2 is 1.70 bits per heavy atom. The molecule has 40 heavy (non-hydrogen) atoms. The van der Waals surface area contributed by atoms with E-state index in [9.17, 15) is 40.3 Å². The van der Waals surface area contributed by atoms with Gasteiger partial charge in [0.05, 0.1) is 29.2 Å². The molecule has 0 aliphatic heterocycles. The van der Waals surface area contributed by atoms with Gasteiger partial charge in [0.2, 0.25) is 0 Å². The maximum absolute atomic E-state index is 13.9. The van der Waals surface area contributed by atoms with Gasteiger partial charge in [0, 0.05) is 19.3 Å². The second-order valence-electron chi connectivity index (χ2n) is 8.38. The van der Waals surface area contributed by atoms with E-state index in [1.165, 1.54) is 12.1 Å². The number of aryl methyl sites for hydroxylation is 2. The van der Waals surface area contributed by atoms with E-state index in [0.29, 0.717) is 24.4 Å². The van der Waals surface area contributed by atoms with Crippen molar-refractivity contribution in [1.82, 2.24) is 9.78 Å². The molecule has 0 aliphatic carbocycles. The fraction of sp³-hybridized carbons (Fsp3) is 0.292. The lowest BCUT2D eigenvalue weighted by molar-refractivity contribution is -0.192. The zero-order chi connectivity index (χ0) is 30.4. The van der Waals surface area contributed by atoms with Gasteiger partial charge in [-0.05, 0) is 55.8 Å². The third-order valence-electron chi connectivity index (χ3n) is 5.14. The van der Waals surface area contributed by atoms with Crippen LogP contribution in [0.15, 0.2) is 47.4 Å². The Hall–Kier alpha value is -4.21. The topological polar surface area (TPSA) is 142 Å². The molecule has 3 N–H and O–H groups in total. The van der Waals surface area contributed by atoms with Crippen LogP contribution < -0.4 is 9.62 Å². The van der Waals surface area contributed by atoms with Crippen molar-refractivity contribution in [3.63, 3.8) is 0 Å². The van der Waals surface area contributed by atoms with Crippen molar-refractivity contribution in [3.8, 4) is 0 Å². The van der Waals surface area contributed by atoms with Gasteiger partial charge in [0.15, 0.2) is 0 Å². The summed E-state index contributed by atoms with van der Waals surface area (Å²) in [5, 5.41) is 21.3. The van der Waals surface area contributed by atoms with Gasteiger partial charge in [-0.15, -0.1) is 0 Å². The average Bonchev–Trinajstić information content (AvgIpc) is 3.18. The molecule has 1 heterocycles. The summed E-state index contributed by atoms with van der Waals surface area (Å²) in [4.78, 5) is 21.6. The Labute approximate surface area is 225 Å². The highest BCUT2D eigenvalue weighted by Gasteiger charge is 2.38. The number of hydrogen-bond donors (Lipinski definition) is 3. The molecule has 0 fully saturated rings. The number of carbonyl (C=O) groups is 2. The molecule has 16 heteroatoms. The summed E-state index contributed by atoms with van der Waals surface area (Å²) < 4.78 is 88.2. The zero-order valence-electron chi connectivity index (χ0n) is 21.3. The molecular weight excluding hydrogens is 567 g/mol. The number of rotatable bonds is 9. The summed E-state index contributed by atoms with van der Waals surface area (Å²) in [7, 11) is -2.77. The van der Waals surface area contributed by atoms with E-state index in [1.54, 1.807) is 11.9 Å². The zero-order valence-corrected chi connectivity index (χ0v) is 22.1. The predicted octanol–water partition coefficient (Wildman–Crippen LogP) is 4.65. The van der Waals surface area contributed by atoms with Crippen molar-refractivity contribution in [2.45, 2.75) is 44.4 Å². The monoisotopic (exact) mass is 592 g/mol. The SMILES string of the molecule is CCCn1nc(C)cc1CN(C)c1ccc(NS(=O)(=O)c2cc(F)ccc2F)cc1C(=O)O.O=C(O)C(F)(F)F. The molecule has 0 atom stereocenters. The number of carboxylic acid groups (broad SMARTS) is 2. The van der Waals surface area contributed by atoms with E-state index < -0.39 is 44.7 Å². The fourth-order valence-electron chi connectivity index (χ4n) is 3.46. The molecule has 3 rings (SSSR count). The van der Waals surface area contributed by atoms with Crippen molar-refractivity contribution >= 4 is 33.3 Å². The summed E-state index contributed by atoms with van der Waals surface area (Å²) in [5.74, 6) is -6.07. The molecule has 0 unspecified atom stereocenters. The molecule has 0 saturated heterocycles. The maximum atomic E-state index is 13.9. The first-order valence-corrected chi connectivity index (χ1v) is 12.8. The van der Waals surface area contributed by atoms with E-state index in [2.05, 4.69) is 9.82 Å². The number of carboxylic acids is 2. The van der Waals surface area contributed by atoms with Gasteiger partial charge in [0.25, 0.3) is 10.0 Å². The van der Waals surface area contributed by atoms with Crippen LogP contribution in [0, 0.1) is 18.6 Å². The van der Waals surface area contributed by atoms with Crippen LogP contribution in [0.5, 0.6) is 0 Å². The Morgan fingerprint density at radius 3 is 2.25 bits per heavy atom. The van der Waals surface area contributed by atoms with Crippen LogP contribution in [-0.2, 0) is 27.9 Å². The van der Waals surface area contributed by atoms with Gasteiger partial charge < -0.3 is 15.1 Å². The minimum Gasteiger partial charge on any atom is -0.478 e. The second kappa shape index (κ2) is 12.8. The molecule has 0 radical (unpaired) electrons. The number of nitrogens with zero attached hydrogens (tertiary/aromatic N) is 3. The summed E-state index contributed by atoms with van der Waals surface area (Å²) in [5.41, 5.74) is 1.85. The quantitative estimate of drug-likeness (QED) is 0.305. The summed E-state index contributed by atoms with van der Waals surface area (Å²) in [6.07, 6.45) is -4.20. The van der Waals surface area contributed by atoms with Crippen LogP contribution in [0.4, 0.5) is 33.3 Å². The fourth-order valence-corrected chi connectivity index (χ4v) is 4.60. The molecular formula is C24H25F5N4O6S. The third kappa shape index (κ3) is 8.39. The third-order valence-corrected chi connectivity index (χ3v) is 6.53. The highest BCUT2D eigenvalue weighted by atomic mass is 32.2. The van der Waals surface area contributed by atoms with Gasteiger partial charge in [-0.3, -0.25) is 9.40 Å². The van der Waals surface area contributed by atoms with Gasteiger partial charge in [-0.1, -0.05) is 6.92 Å². The standard InChI is InChI=1S/C22H24F2N4O4S.C2HF3O2/c1-4-9-28-17(10-14(2)25-28)13-27(3)20-8-6-16(12-18(20)22(29)30)26-33(31,32)21-11-15(23)5-7-19(21)24;3-2(4,5)1(6)7/h5-8,10-12,26H,4,9,13H2,1-3H3,(H,29,30);(H,6,7). The minimum atomic E-state index is -5.08. The molecule has 2 aromatic carbocycles. The Morgan fingerprint density at radius 1 is 1.07 bits per heavy atom. The summed E-state index contributed by atoms with van der Waals surface area (Å²) in [6.45, 7) is 5.00. The normalized spacial score (nSPS) is 11.4. The lowest BCUT2D eigenvalue weighted by Gasteiger charge is -2.22. The number of alkyl halides is 3. The van der Waals surface area contributed by atoms with Crippen LogP contribution in [0.2, 0.25) is 0 Å². The number of nitrogens with one attached hydrogen (secondary N) is 1. The van der Waals surface area contributed by atoms with Gasteiger partial charge in [-0.2, -0.15) is 18.3 Å². The molecule has 0 spiro atoms. The molecule has 10 nitrogen and oxygen atoms in total. The van der Waals surface area contributed by atoms with E-state index in [4.69, 9.17) is 9.90 Å². The van der Waals surface area contributed by atoms with Gasteiger partial charge in [-0.25, -0.2) is 26.8 Å². The number of aliphatic carboxylic acids is 1. The van der Waals surface area contributed by atoms with Gasteiger partial charge >= 0.3 is 18.1 Å². The molecule has 0 saturated carbocycles. The largest absolute Gasteiger partial charge is 0.490 e. The van der Waals surface area contributed by atoms with Crippen LogP contribution in [0.1, 0.15) is 35.1 Å². The smallest absolute Gasteiger partial charge is 0.478 e. The summed E-state index contributed by atoms with van der Waals surface area (Å²) in [6, 6.07) is 7.93. The predicted molar refractivity (Wildman–Crippen MR) is 134 cm³/mol. The first-order valence-electron chi connectivity index (χ1n) is 11.4. The number of benzene rings is 2. The van der Waals surface area contributed by atoms with E-state index in [0.717, 1.165) is 36.5 Å². The first-order chi connectivity index (χ1) is 18.5. The van der Waals surface area contributed by atoms with Crippen molar-refractivity contribution in [1.29, 1.82) is 0 Å². The molecule has 1 aromatic heterocycles. The maximum Gasteiger partial charge on any atom is 0.490 e. The number of sulfonamides is 1. The molecule has 0 amide bonds. The van der Waals surface area contributed by atoms with Crippen molar-refractivity contribution < 1.29 is 50.2 Å². The number of anilines is 2. The van der Waals surface area contributed by atoms with Crippen LogP contribution in [0.3, 0.4) is 0 Å². The lowest BCUT2D eigenvalue weighted by atomic mass is 10.1. The van der Waals surface area contributed by atoms with Crippen molar-refractivity contribution in [3.05, 3.63) is 71.1 Å². The number of aromatic nitrogens is 2. The van der Waals surface area contributed by atoms with Crippen molar-refractivity contribution in [2.24, 2.45) is 0 Å². The Balaban J connectivity index is 0.000000708. The highest BCUT2D eigenvalue weighted by Crippen LogP contribution is 2.27. The minimum absolute atomic E-state index is 0.0971. The molecule has 3 aromatic rings. The number of halogens is 5. The van der Waals surface area contributed by atoms with Crippen LogP contribution in [0.25, 0.3) is 0 Å². The van der Waals surface area contributed by atoms with E-state index in [-0.39, 0.29) is 11.3 Å². The molecule has 0 bridgehead atoms. The van der Waals surface area contributed by atoms with E-state index in [1.807, 2.05) is 24.6 Å². The summed E-state index contributed by atoms with van der Waals surface area (Å²) >= 11 is 0. The first kappa shape index (κ1) is 32.0. The van der Waals surface area contributed by atoms with Crippen molar-refractivity contribution in [2.75, 3.05) is 16.7 Å². The van der Waals surface area contributed by atoms with E-state index >= 15 is 0 Å². The van der Waals surface area contributed by atoms with Crippen LogP contribution >= 0.6 is 0 Å². The Kier molecular flexibility index (Phi) is 10.2. The number of aromatic carboxylic acids is 1. The highest BCUT2D eigenvalue weighted by molar-refractivity contribution is 7.92. The van der Waals surface area contributed by atoms with Gasteiger partial charge in [0.1, 0.15) is 16.5 Å². The number of hydrogen-bond acceptors (Lipinski definition) is 6. The molecule has 218 valence electrons. The van der Waals surface area contributed by atoms with Crippen LogP contribution in [-0.4, -0.2) is 53.6 Å². The Bertz CT molecular complexity index is 1490. The molecule has 0 aliphatic rings. The second-order valence-corrected chi connectivity index (χ2v) is 10.0. The lowest BCUT2D eigenvalue weighted by Crippen LogP contribution is -2.22.